The van der Waals surface area contributed by atoms with Crippen molar-refractivity contribution in [2.45, 2.75) is 6.10 Å². The van der Waals surface area contributed by atoms with Gasteiger partial charge in [0.1, 0.15) is 25.0 Å². The molecule has 7 heteroatoms. The summed E-state index contributed by atoms with van der Waals surface area (Å²) in [5.74, 6) is 1.06. The van der Waals surface area contributed by atoms with E-state index in [-0.39, 0.29) is 12.5 Å². The molecule has 1 aromatic heterocycles. The molecule has 0 bridgehead atoms. The summed E-state index contributed by atoms with van der Waals surface area (Å²) in [7, 11) is 0. The number of furan rings is 1. The SMILES string of the molecule is O=C(c1ccco1)N1CC[NH+](C[C@H](O)COc2ccc(Br)cc2)CC1. The van der Waals surface area contributed by atoms with Crippen molar-refractivity contribution >= 4 is 21.8 Å². The quantitative estimate of drug-likeness (QED) is 0.741. The molecule has 1 saturated heterocycles. The number of benzene rings is 1. The average molecular weight is 410 g/mol. The van der Waals surface area contributed by atoms with Gasteiger partial charge in [0, 0.05) is 4.47 Å². The number of hydrogen-bond acceptors (Lipinski definition) is 4. The Balaban J connectivity index is 1.39. The monoisotopic (exact) mass is 409 g/mol. The highest BCUT2D eigenvalue weighted by Crippen LogP contribution is 2.16. The van der Waals surface area contributed by atoms with E-state index in [1.807, 2.05) is 24.3 Å². The van der Waals surface area contributed by atoms with Gasteiger partial charge in [-0.2, -0.15) is 0 Å². The number of piperazine rings is 1. The van der Waals surface area contributed by atoms with E-state index in [4.69, 9.17) is 9.15 Å². The summed E-state index contributed by atoms with van der Waals surface area (Å²) in [5.41, 5.74) is 0. The van der Waals surface area contributed by atoms with Gasteiger partial charge in [-0.15, -0.1) is 0 Å². The highest BCUT2D eigenvalue weighted by molar-refractivity contribution is 9.10. The minimum absolute atomic E-state index is 0.0665. The number of carbonyl (C=O) groups is 1. The second-order valence-electron chi connectivity index (χ2n) is 6.14. The number of carbonyl (C=O) groups excluding carboxylic acids is 1. The number of ether oxygens (including phenoxy) is 1. The van der Waals surface area contributed by atoms with Gasteiger partial charge in [0.15, 0.2) is 5.76 Å². The maximum Gasteiger partial charge on any atom is 0.289 e. The van der Waals surface area contributed by atoms with E-state index in [1.165, 1.54) is 11.2 Å². The molecule has 2 aromatic rings. The molecule has 6 nitrogen and oxygen atoms in total. The minimum Gasteiger partial charge on any atom is -0.491 e. The van der Waals surface area contributed by atoms with Gasteiger partial charge >= 0.3 is 0 Å². The van der Waals surface area contributed by atoms with Gasteiger partial charge in [0.25, 0.3) is 5.91 Å². The highest BCUT2D eigenvalue weighted by Gasteiger charge is 2.27. The Kier molecular flexibility index (Phi) is 6.12. The number of amides is 1. The van der Waals surface area contributed by atoms with Gasteiger partial charge in [0.2, 0.25) is 0 Å². The van der Waals surface area contributed by atoms with Gasteiger partial charge in [0.05, 0.1) is 32.4 Å². The van der Waals surface area contributed by atoms with Gasteiger partial charge in [-0.1, -0.05) is 15.9 Å². The van der Waals surface area contributed by atoms with Crippen LogP contribution in [0.4, 0.5) is 0 Å². The van der Waals surface area contributed by atoms with Crippen LogP contribution >= 0.6 is 15.9 Å². The standard InChI is InChI=1S/C18H21BrN2O4/c19-14-3-5-16(6-4-14)25-13-15(22)12-20-7-9-21(10-8-20)18(23)17-2-1-11-24-17/h1-6,11,15,22H,7-10,12-13H2/p+1/t15-/m0/s1. The molecule has 1 atom stereocenters. The van der Waals surface area contributed by atoms with Crippen molar-refractivity contribution in [2.24, 2.45) is 0 Å². The Bertz CT molecular complexity index is 667. The molecule has 3 rings (SSSR count). The van der Waals surface area contributed by atoms with Gasteiger partial charge in [-0.25, -0.2) is 0 Å². The third-order valence-electron chi connectivity index (χ3n) is 4.27. The first-order chi connectivity index (χ1) is 12.1. The van der Waals surface area contributed by atoms with Crippen LogP contribution in [0.1, 0.15) is 10.6 Å². The second kappa shape index (κ2) is 8.51. The number of rotatable bonds is 6. The predicted octanol–water partition coefficient (Wildman–Crippen LogP) is 0.823. The van der Waals surface area contributed by atoms with Crippen LogP contribution in [0.25, 0.3) is 0 Å². The van der Waals surface area contributed by atoms with Crippen molar-refractivity contribution in [1.29, 1.82) is 0 Å². The fraction of sp³-hybridized carbons (Fsp3) is 0.389. The number of aliphatic hydroxyl groups excluding tert-OH is 1. The molecule has 1 aromatic carbocycles. The third-order valence-corrected chi connectivity index (χ3v) is 4.80. The smallest absolute Gasteiger partial charge is 0.289 e. The molecule has 2 N–H and O–H groups in total. The van der Waals surface area contributed by atoms with Crippen molar-refractivity contribution in [3.05, 3.63) is 52.9 Å². The topological polar surface area (TPSA) is 67.4 Å². The molecule has 134 valence electrons. The van der Waals surface area contributed by atoms with Crippen LogP contribution in [-0.4, -0.2) is 61.3 Å². The number of quaternary nitrogens is 1. The lowest BCUT2D eigenvalue weighted by atomic mass is 10.2. The first-order valence-electron chi connectivity index (χ1n) is 8.34. The van der Waals surface area contributed by atoms with E-state index in [0.29, 0.717) is 25.4 Å². The van der Waals surface area contributed by atoms with E-state index in [0.717, 1.165) is 23.3 Å². The molecule has 0 aliphatic carbocycles. The molecule has 1 fully saturated rings. The second-order valence-corrected chi connectivity index (χ2v) is 7.06. The summed E-state index contributed by atoms with van der Waals surface area (Å²) in [6.45, 7) is 3.81. The van der Waals surface area contributed by atoms with Crippen LogP contribution in [0.2, 0.25) is 0 Å². The van der Waals surface area contributed by atoms with Gasteiger partial charge in [-0.3, -0.25) is 4.79 Å². The normalized spacial score (nSPS) is 16.6. The third kappa shape index (κ3) is 5.07. The molecular weight excluding hydrogens is 388 g/mol. The van der Waals surface area contributed by atoms with Crippen molar-refractivity contribution in [1.82, 2.24) is 4.90 Å². The Hall–Kier alpha value is -1.83. The Morgan fingerprint density at radius 1 is 1.28 bits per heavy atom. The Morgan fingerprint density at radius 2 is 2.00 bits per heavy atom. The summed E-state index contributed by atoms with van der Waals surface area (Å²) >= 11 is 3.38. The van der Waals surface area contributed by atoms with E-state index < -0.39 is 6.10 Å². The molecule has 0 spiro atoms. The summed E-state index contributed by atoms with van der Waals surface area (Å²) in [6.07, 6.45) is 0.974. The van der Waals surface area contributed by atoms with Crippen molar-refractivity contribution < 1.29 is 24.0 Å². The fourth-order valence-electron chi connectivity index (χ4n) is 2.90. The lowest BCUT2D eigenvalue weighted by molar-refractivity contribution is -0.907. The fourth-order valence-corrected chi connectivity index (χ4v) is 3.17. The Labute approximate surface area is 155 Å². The largest absolute Gasteiger partial charge is 0.491 e. The average Bonchev–Trinajstić information content (AvgIpc) is 3.16. The zero-order valence-electron chi connectivity index (χ0n) is 13.9. The summed E-state index contributed by atoms with van der Waals surface area (Å²) < 4.78 is 11.8. The van der Waals surface area contributed by atoms with E-state index >= 15 is 0 Å². The molecule has 1 amide bonds. The highest BCUT2D eigenvalue weighted by atomic mass is 79.9. The maximum atomic E-state index is 12.2. The zero-order valence-corrected chi connectivity index (χ0v) is 15.4. The van der Waals surface area contributed by atoms with Gasteiger partial charge in [-0.05, 0) is 36.4 Å². The van der Waals surface area contributed by atoms with E-state index in [9.17, 15) is 9.90 Å². The molecular formula is C18H22BrN2O4+. The number of aliphatic hydroxyl groups is 1. The molecule has 0 saturated carbocycles. The lowest BCUT2D eigenvalue weighted by Gasteiger charge is -2.32. The number of hydrogen-bond donors (Lipinski definition) is 2. The molecule has 2 heterocycles. The number of nitrogens with one attached hydrogen (secondary N) is 1. The lowest BCUT2D eigenvalue weighted by Crippen LogP contribution is -3.16. The summed E-state index contributed by atoms with van der Waals surface area (Å²) in [5, 5.41) is 10.2. The minimum atomic E-state index is -0.536. The van der Waals surface area contributed by atoms with Gasteiger partial charge < -0.3 is 24.1 Å². The zero-order chi connectivity index (χ0) is 17.6. The van der Waals surface area contributed by atoms with Crippen LogP contribution in [0.3, 0.4) is 0 Å². The number of halogens is 1. The number of nitrogens with zero attached hydrogens (tertiary/aromatic N) is 1. The molecule has 25 heavy (non-hydrogen) atoms. The van der Waals surface area contributed by atoms with Crippen LogP contribution < -0.4 is 9.64 Å². The van der Waals surface area contributed by atoms with Crippen molar-refractivity contribution in [3.8, 4) is 5.75 Å². The molecule has 1 aliphatic heterocycles. The van der Waals surface area contributed by atoms with Crippen molar-refractivity contribution in [2.75, 3.05) is 39.3 Å². The van der Waals surface area contributed by atoms with E-state index in [2.05, 4.69) is 15.9 Å². The van der Waals surface area contributed by atoms with Crippen molar-refractivity contribution in [3.63, 3.8) is 0 Å². The molecule has 0 unspecified atom stereocenters. The van der Waals surface area contributed by atoms with Crippen LogP contribution in [0, 0.1) is 0 Å². The molecule has 1 aliphatic rings. The Morgan fingerprint density at radius 3 is 2.64 bits per heavy atom. The molecule has 0 radical (unpaired) electrons. The van der Waals surface area contributed by atoms with Crippen LogP contribution in [0.5, 0.6) is 5.75 Å². The first kappa shape index (κ1) is 18.0. The maximum absolute atomic E-state index is 12.2. The van der Waals surface area contributed by atoms with Crippen LogP contribution in [0.15, 0.2) is 51.6 Å². The summed E-state index contributed by atoms with van der Waals surface area (Å²) in [4.78, 5) is 15.3. The first-order valence-corrected chi connectivity index (χ1v) is 9.14. The van der Waals surface area contributed by atoms with E-state index in [1.54, 1.807) is 17.0 Å². The van der Waals surface area contributed by atoms with Crippen LogP contribution in [-0.2, 0) is 0 Å². The predicted molar refractivity (Wildman–Crippen MR) is 95.8 cm³/mol. The summed E-state index contributed by atoms with van der Waals surface area (Å²) in [6, 6.07) is 10.9.